The normalized spacial score (nSPS) is 13.8. The average Bonchev–Trinajstić information content (AvgIpc) is 2.38. The van der Waals surface area contributed by atoms with Gasteiger partial charge in [-0.05, 0) is 6.42 Å². The second kappa shape index (κ2) is 10.9. The Morgan fingerprint density at radius 2 is 1.78 bits per heavy atom. The minimum atomic E-state index is -2.47. The number of nitrogens with two attached hydrogens (primary N) is 1. The smallest absolute Gasteiger partial charge is 0.377 e. The van der Waals surface area contributed by atoms with Gasteiger partial charge in [-0.1, -0.05) is 39.5 Å². The Hall–Kier alpha value is 0.0169. The molecule has 0 saturated carbocycles. The Labute approximate surface area is 113 Å². The predicted molar refractivity (Wildman–Crippen MR) is 76.1 cm³/mol. The van der Waals surface area contributed by atoms with Crippen LogP contribution in [0.15, 0.2) is 0 Å². The summed E-state index contributed by atoms with van der Waals surface area (Å²) in [6, 6.07) is 0.826. The van der Waals surface area contributed by atoms with Crippen molar-refractivity contribution in [2.75, 3.05) is 21.0 Å². The van der Waals surface area contributed by atoms with Crippen LogP contribution in [0.4, 0.5) is 0 Å². The van der Waals surface area contributed by atoms with Gasteiger partial charge in [0.05, 0.1) is 12.9 Å². The van der Waals surface area contributed by atoms with Crippen LogP contribution in [0.5, 0.6) is 0 Å². The van der Waals surface area contributed by atoms with E-state index in [0.29, 0.717) is 6.73 Å². The first kappa shape index (κ1) is 18.0. The molecule has 0 aliphatic rings. The lowest BCUT2D eigenvalue weighted by Gasteiger charge is -2.27. The molecule has 110 valence electrons. The summed E-state index contributed by atoms with van der Waals surface area (Å²) in [5.74, 6) is 0. The summed E-state index contributed by atoms with van der Waals surface area (Å²) < 4.78 is 16.6. The molecule has 1 unspecified atom stereocenters. The third-order valence-corrected chi connectivity index (χ3v) is 5.88. The molecule has 3 N–H and O–H groups in total. The zero-order valence-corrected chi connectivity index (χ0v) is 13.3. The minimum Gasteiger partial charge on any atom is -0.377 e. The molecule has 0 aliphatic heterocycles. The van der Waals surface area contributed by atoms with Crippen molar-refractivity contribution < 1.29 is 13.3 Å². The highest BCUT2D eigenvalue weighted by atomic mass is 28.4. The summed E-state index contributed by atoms with van der Waals surface area (Å²) in [5.41, 5.74) is 5.94. The predicted octanol–water partition coefficient (Wildman–Crippen LogP) is 2.06. The van der Waals surface area contributed by atoms with E-state index in [9.17, 15) is 0 Å². The average molecular weight is 278 g/mol. The van der Waals surface area contributed by atoms with Crippen LogP contribution in [0.25, 0.3) is 0 Å². The molecule has 0 spiro atoms. The van der Waals surface area contributed by atoms with Gasteiger partial charge in [0.2, 0.25) is 0 Å². The highest BCUT2D eigenvalue weighted by molar-refractivity contribution is 6.60. The Bertz CT molecular complexity index is 192. The summed E-state index contributed by atoms with van der Waals surface area (Å²) in [6.07, 6.45) is 5.52. The lowest BCUT2D eigenvalue weighted by Crippen LogP contribution is -2.48. The van der Waals surface area contributed by atoms with Gasteiger partial charge >= 0.3 is 8.80 Å². The van der Waals surface area contributed by atoms with E-state index in [1.807, 2.05) is 0 Å². The molecule has 0 heterocycles. The first-order chi connectivity index (χ1) is 8.64. The van der Waals surface area contributed by atoms with Gasteiger partial charge in [0, 0.05) is 20.3 Å². The fraction of sp³-hybridized carbons (Fsp3) is 1.00. The van der Waals surface area contributed by atoms with Crippen molar-refractivity contribution >= 4 is 8.80 Å². The van der Waals surface area contributed by atoms with Gasteiger partial charge < -0.3 is 19.0 Å². The molecule has 0 aromatic rings. The summed E-state index contributed by atoms with van der Waals surface area (Å²) in [5, 5.41) is 3.15. The van der Waals surface area contributed by atoms with E-state index in [2.05, 4.69) is 19.2 Å². The second-order valence-corrected chi connectivity index (χ2v) is 7.41. The van der Waals surface area contributed by atoms with Crippen LogP contribution in [0, 0.1) is 0 Å². The number of hydrogen-bond acceptors (Lipinski definition) is 5. The molecule has 5 nitrogen and oxygen atoms in total. The second-order valence-electron chi connectivity index (χ2n) is 4.44. The van der Waals surface area contributed by atoms with Crippen molar-refractivity contribution in [3.8, 4) is 0 Å². The number of nitrogens with one attached hydrogen (secondary N) is 1. The van der Waals surface area contributed by atoms with E-state index in [1.165, 1.54) is 12.8 Å². The highest BCUT2D eigenvalue weighted by Gasteiger charge is 2.37. The quantitative estimate of drug-likeness (QED) is 0.325. The van der Waals surface area contributed by atoms with E-state index in [-0.39, 0.29) is 6.17 Å². The fourth-order valence-electron chi connectivity index (χ4n) is 1.76. The molecule has 0 rings (SSSR count). The van der Waals surface area contributed by atoms with E-state index >= 15 is 0 Å². The lowest BCUT2D eigenvalue weighted by molar-refractivity contribution is 0.0856. The van der Waals surface area contributed by atoms with Gasteiger partial charge in [0.25, 0.3) is 0 Å². The largest absolute Gasteiger partial charge is 0.501 e. The van der Waals surface area contributed by atoms with Crippen molar-refractivity contribution in [3.05, 3.63) is 0 Å². The number of unbranched alkanes of at least 4 members (excludes halogenated alkanes) is 2. The van der Waals surface area contributed by atoms with Crippen molar-refractivity contribution in [2.45, 2.75) is 58.2 Å². The molecule has 0 saturated heterocycles. The van der Waals surface area contributed by atoms with Crippen molar-refractivity contribution in [3.63, 3.8) is 0 Å². The standard InChI is InChI=1S/C12H30N2O3Si/c1-5-7-8-9-12(13)14-11-17-18(15-3,16-4)10-6-2/h12,14H,5-11,13H2,1-4H3. The van der Waals surface area contributed by atoms with Gasteiger partial charge in [0.1, 0.15) is 0 Å². The van der Waals surface area contributed by atoms with Gasteiger partial charge in [-0.15, -0.1) is 0 Å². The maximum absolute atomic E-state index is 5.94. The Kier molecular flexibility index (Phi) is 10.9. The lowest BCUT2D eigenvalue weighted by atomic mass is 10.2. The molecule has 6 heteroatoms. The molecule has 0 aromatic heterocycles. The molecular formula is C12H30N2O3Si. The summed E-state index contributed by atoms with van der Waals surface area (Å²) >= 11 is 0. The highest BCUT2D eigenvalue weighted by Crippen LogP contribution is 2.15. The summed E-state index contributed by atoms with van der Waals surface area (Å²) in [7, 11) is 0.824. The van der Waals surface area contributed by atoms with Gasteiger partial charge in [-0.3, -0.25) is 5.32 Å². The van der Waals surface area contributed by atoms with E-state index in [1.54, 1.807) is 14.2 Å². The molecular weight excluding hydrogens is 248 g/mol. The number of hydrogen-bond donors (Lipinski definition) is 2. The summed E-state index contributed by atoms with van der Waals surface area (Å²) in [6.45, 7) is 4.66. The Morgan fingerprint density at radius 3 is 2.28 bits per heavy atom. The van der Waals surface area contributed by atoms with Gasteiger partial charge in [-0.25, -0.2) is 0 Å². The van der Waals surface area contributed by atoms with Crippen LogP contribution in [-0.2, 0) is 13.3 Å². The zero-order chi connectivity index (χ0) is 13.9. The van der Waals surface area contributed by atoms with Crippen LogP contribution in [0.3, 0.4) is 0 Å². The maximum atomic E-state index is 5.94. The molecule has 0 aliphatic carbocycles. The van der Waals surface area contributed by atoms with Crippen molar-refractivity contribution in [2.24, 2.45) is 5.73 Å². The van der Waals surface area contributed by atoms with Crippen LogP contribution in [-0.4, -0.2) is 35.9 Å². The molecule has 18 heavy (non-hydrogen) atoms. The summed E-state index contributed by atoms with van der Waals surface area (Å²) in [4.78, 5) is 0. The topological polar surface area (TPSA) is 65.7 Å². The van der Waals surface area contributed by atoms with Gasteiger partial charge in [-0.2, -0.15) is 0 Å². The van der Waals surface area contributed by atoms with Crippen LogP contribution in [0.1, 0.15) is 46.0 Å². The van der Waals surface area contributed by atoms with Crippen LogP contribution >= 0.6 is 0 Å². The third kappa shape index (κ3) is 7.45. The SMILES string of the molecule is CCCCCC(N)NCO[Si](CCC)(OC)OC. The van der Waals surface area contributed by atoms with E-state index in [4.69, 9.17) is 19.0 Å². The molecule has 0 bridgehead atoms. The van der Waals surface area contributed by atoms with E-state index in [0.717, 1.165) is 25.3 Å². The van der Waals surface area contributed by atoms with Crippen molar-refractivity contribution in [1.82, 2.24) is 5.32 Å². The first-order valence-corrected chi connectivity index (χ1v) is 8.80. The molecule has 0 radical (unpaired) electrons. The van der Waals surface area contributed by atoms with Crippen LogP contribution < -0.4 is 11.1 Å². The maximum Gasteiger partial charge on any atom is 0.501 e. The Morgan fingerprint density at radius 1 is 1.11 bits per heavy atom. The van der Waals surface area contributed by atoms with Crippen LogP contribution in [0.2, 0.25) is 6.04 Å². The first-order valence-electron chi connectivity index (χ1n) is 6.87. The Balaban J connectivity index is 3.84. The third-order valence-electron chi connectivity index (χ3n) is 2.93. The fourth-order valence-corrected chi connectivity index (χ4v) is 3.63. The molecule has 0 fully saturated rings. The minimum absolute atomic E-state index is 0.0152. The van der Waals surface area contributed by atoms with E-state index < -0.39 is 8.80 Å². The zero-order valence-electron chi connectivity index (χ0n) is 12.3. The molecule has 0 aromatic carbocycles. The van der Waals surface area contributed by atoms with Gasteiger partial charge in [0.15, 0.2) is 0 Å². The molecule has 1 atom stereocenters. The monoisotopic (exact) mass is 278 g/mol. The number of rotatable bonds is 12. The van der Waals surface area contributed by atoms with Crippen molar-refractivity contribution in [1.29, 1.82) is 0 Å². The molecule has 0 amide bonds.